The summed E-state index contributed by atoms with van der Waals surface area (Å²) in [6.07, 6.45) is 21.6. The molecule has 1 spiro atoms. The number of allylic oxidation sites excluding steroid dienone is 7. The van der Waals surface area contributed by atoms with E-state index < -0.39 is 0 Å². The fourth-order valence-corrected chi connectivity index (χ4v) is 11.2. The highest BCUT2D eigenvalue weighted by atomic mass is 15.2. The molecule has 1 heterocycles. The molecule has 0 radical (unpaired) electrons. The SMILES string of the molecule is CC1(C)C2=CC3c4ccccc4C4(CCCCC4)C3C=C2c2cc(-c3ccc(-c4ccc(C5=NC(C6C=CC=CC6)N=C(c6ccccc6)N5)cc4)cc3)ccc21. The van der Waals surface area contributed by atoms with Crippen LogP contribution in [-0.2, 0) is 10.8 Å². The van der Waals surface area contributed by atoms with Gasteiger partial charge in [-0.25, -0.2) is 9.98 Å². The first-order valence-corrected chi connectivity index (χ1v) is 21.2. The summed E-state index contributed by atoms with van der Waals surface area (Å²) in [5, 5.41) is 3.56. The number of amidine groups is 2. The first kappa shape index (κ1) is 34.4. The van der Waals surface area contributed by atoms with Gasteiger partial charge in [-0.2, -0.15) is 0 Å². The highest BCUT2D eigenvalue weighted by Gasteiger charge is 2.53. The van der Waals surface area contributed by atoms with Gasteiger partial charge in [0.1, 0.15) is 11.7 Å². The molecule has 5 aromatic rings. The minimum absolute atomic E-state index is 0.0161. The van der Waals surface area contributed by atoms with E-state index in [4.69, 9.17) is 9.98 Å². The molecule has 0 aromatic heterocycles. The van der Waals surface area contributed by atoms with E-state index in [1.165, 1.54) is 76.6 Å². The molecule has 1 N–H and O–H groups in total. The molecule has 4 atom stereocenters. The van der Waals surface area contributed by atoms with Crippen molar-refractivity contribution < 1.29 is 0 Å². The zero-order valence-electron chi connectivity index (χ0n) is 33.0. The summed E-state index contributed by atoms with van der Waals surface area (Å²) >= 11 is 0. The van der Waals surface area contributed by atoms with Crippen molar-refractivity contribution in [2.75, 3.05) is 0 Å². The summed E-state index contributed by atoms with van der Waals surface area (Å²) in [5.41, 5.74) is 16.5. The Labute approximate surface area is 337 Å². The Morgan fingerprint density at radius 1 is 0.596 bits per heavy atom. The van der Waals surface area contributed by atoms with Gasteiger partial charge < -0.3 is 5.32 Å². The van der Waals surface area contributed by atoms with Crippen molar-refractivity contribution >= 4 is 17.2 Å². The molecule has 0 saturated heterocycles. The monoisotopic (exact) mass is 739 g/mol. The molecule has 3 heteroatoms. The van der Waals surface area contributed by atoms with Gasteiger partial charge in [0.25, 0.3) is 0 Å². The van der Waals surface area contributed by atoms with Crippen LogP contribution in [-0.4, -0.2) is 17.8 Å². The van der Waals surface area contributed by atoms with Crippen molar-refractivity contribution in [3.05, 3.63) is 197 Å². The molecule has 280 valence electrons. The van der Waals surface area contributed by atoms with E-state index in [1.807, 2.05) is 6.07 Å². The van der Waals surface area contributed by atoms with Crippen LogP contribution in [0, 0.1) is 11.8 Å². The smallest absolute Gasteiger partial charge is 0.150 e. The predicted octanol–water partition coefficient (Wildman–Crippen LogP) is 12.5. The second kappa shape index (κ2) is 13.4. The Hall–Kier alpha value is -5.80. The number of fused-ring (bicyclic) bond motifs is 8. The van der Waals surface area contributed by atoms with Crippen LogP contribution in [0.5, 0.6) is 0 Å². The minimum Gasteiger partial charge on any atom is -0.324 e. The van der Waals surface area contributed by atoms with Gasteiger partial charge in [-0.15, -0.1) is 0 Å². The Balaban J connectivity index is 0.872. The van der Waals surface area contributed by atoms with Crippen molar-refractivity contribution in [1.82, 2.24) is 5.32 Å². The lowest BCUT2D eigenvalue weighted by Crippen LogP contribution is -2.39. The molecule has 1 saturated carbocycles. The van der Waals surface area contributed by atoms with Gasteiger partial charge in [0.15, 0.2) is 6.17 Å². The molecule has 4 unspecified atom stereocenters. The van der Waals surface area contributed by atoms with E-state index in [-0.39, 0.29) is 22.9 Å². The quantitative estimate of drug-likeness (QED) is 0.191. The lowest BCUT2D eigenvalue weighted by molar-refractivity contribution is 0.233. The van der Waals surface area contributed by atoms with E-state index in [2.05, 4.69) is 171 Å². The van der Waals surface area contributed by atoms with E-state index in [9.17, 15) is 0 Å². The number of rotatable bonds is 5. The maximum Gasteiger partial charge on any atom is 0.150 e. The number of hydrogen-bond donors (Lipinski definition) is 1. The number of hydrogen-bond acceptors (Lipinski definition) is 3. The van der Waals surface area contributed by atoms with Gasteiger partial charge in [-0.1, -0.05) is 185 Å². The third kappa shape index (κ3) is 5.61. The van der Waals surface area contributed by atoms with E-state index in [1.54, 1.807) is 11.1 Å². The summed E-state index contributed by atoms with van der Waals surface area (Å²) in [5.74, 6) is 3.00. The van der Waals surface area contributed by atoms with Gasteiger partial charge in [0.2, 0.25) is 0 Å². The van der Waals surface area contributed by atoms with Gasteiger partial charge in [0, 0.05) is 33.8 Å². The van der Waals surface area contributed by atoms with Crippen LogP contribution in [0.2, 0.25) is 0 Å². The molecule has 1 fully saturated rings. The summed E-state index contributed by atoms with van der Waals surface area (Å²) in [4.78, 5) is 10.2. The lowest BCUT2D eigenvalue weighted by Gasteiger charge is -2.41. The van der Waals surface area contributed by atoms with Crippen molar-refractivity contribution in [3.8, 4) is 22.3 Å². The van der Waals surface area contributed by atoms with Crippen LogP contribution < -0.4 is 5.32 Å². The van der Waals surface area contributed by atoms with Gasteiger partial charge in [-0.05, 0) is 86.9 Å². The Morgan fingerprint density at radius 3 is 1.93 bits per heavy atom. The fourth-order valence-electron chi connectivity index (χ4n) is 11.2. The van der Waals surface area contributed by atoms with Gasteiger partial charge in [0.05, 0.1) is 0 Å². The zero-order chi connectivity index (χ0) is 38.1. The number of nitrogens with one attached hydrogen (secondary N) is 1. The molecule has 0 bridgehead atoms. The third-order valence-corrected chi connectivity index (χ3v) is 14.2. The average Bonchev–Trinajstić information content (AvgIpc) is 3.66. The fraction of sp³-hybridized carbons (Fsp3) is 0.259. The normalized spacial score (nSPS) is 24.6. The Kier molecular flexibility index (Phi) is 8.10. The van der Waals surface area contributed by atoms with E-state index in [0.29, 0.717) is 11.8 Å². The average molecular weight is 740 g/mol. The summed E-state index contributed by atoms with van der Waals surface area (Å²) in [6.45, 7) is 4.87. The van der Waals surface area contributed by atoms with Crippen LogP contribution in [0.25, 0.3) is 27.8 Å². The maximum absolute atomic E-state index is 5.13. The first-order valence-electron chi connectivity index (χ1n) is 21.2. The van der Waals surface area contributed by atoms with Crippen LogP contribution >= 0.6 is 0 Å². The molecule has 1 aliphatic heterocycles. The van der Waals surface area contributed by atoms with Crippen molar-refractivity contribution in [1.29, 1.82) is 0 Å². The Bertz CT molecular complexity index is 2570. The predicted molar refractivity (Wildman–Crippen MR) is 237 cm³/mol. The molecule has 11 rings (SSSR count). The molecule has 6 aliphatic rings. The van der Waals surface area contributed by atoms with Crippen LogP contribution in [0.1, 0.15) is 91.7 Å². The lowest BCUT2D eigenvalue weighted by atomic mass is 9.62. The van der Waals surface area contributed by atoms with E-state index in [0.717, 1.165) is 29.2 Å². The largest absolute Gasteiger partial charge is 0.324 e. The molecule has 5 aliphatic carbocycles. The van der Waals surface area contributed by atoms with Crippen LogP contribution in [0.3, 0.4) is 0 Å². The van der Waals surface area contributed by atoms with Crippen LogP contribution in [0.15, 0.2) is 173 Å². The highest BCUT2D eigenvalue weighted by molar-refractivity contribution is 6.16. The highest BCUT2D eigenvalue weighted by Crippen LogP contribution is 2.63. The van der Waals surface area contributed by atoms with E-state index >= 15 is 0 Å². The van der Waals surface area contributed by atoms with Gasteiger partial charge >= 0.3 is 0 Å². The summed E-state index contributed by atoms with van der Waals surface area (Å²) in [6, 6.07) is 45.0. The maximum atomic E-state index is 5.13. The molecular weight excluding hydrogens is 691 g/mol. The number of benzene rings is 5. The van der Waals surface area contributed by atoms with Gasteiger partial charge in [-0.3, -0.25) is 0 Å². The Morgan fingerprint density at radius 2 is 1.23 bits per heavy atom. The van der Waals surface area contributed by atoms with Crippen molar-refractivity contribution in [2.45, 2.75) is 75.3 Å². The zero-order valence-corrected chi connectivity index (χ0v) is 33.0. The standard InChI is InChI=1S/C54H49N3/c1-53(2)46-29-28-41(32-43(46)45-34-49-44(33-48(45)53)42-18-10-11-19-47(42)54(49)30-12-5-13-31-54)37-22-20-35(21-23-37)36-24-26-40(27-25-36)52-56-50(38-14-6-3-7-15-38)55-51(57-52)39-16-8-4-9-17-39/h3-4,6-11,14-16,18-29,32-34,39,44,49,51H,5,12-13,17,30-31H2,1-2H3,(H,55,56,57). The molecule has 3 nitrogen and oxygen atoms in total. The second-order valence-electron chi connectivity index (χ2n) is 17.6. The first-order chi connectivity index (χ1) is 28.0. The third-order valence-electron chi connectivity index (χ3n) is 14.2. The van der Waals surface area contributed by atoms with Crippen LogP contribution in [0.4, 0.5) is 0 Å². The molecule has 0 amide bonds. The molecule has 57 heavy (non-hydrogen) atoms. The topological polar surface area (TPSA) is 36.8 Å². The number of nitrogens with zero attached hydrogens (tertiary/aromatic N) is 2. The van der Waals surface area contributed by atoms with Crippen molar-refractivity contribution in [2.24, 2.45) is 21.8 Å². The molecular formula is C54H49N3. The molecule has 5 aromatic carbocycles. The number of aliphatic imine (C=N–C) groups is 2. The summed E-state index contributed by atoms with van der Waals surface area (Å²) < 4.78 is 0. The minimum atomic E-state index is -0.169. The van der Waals surface area contributed by atoms with Crippen molar-refractivity contribution in [3.63, 3.8) is 0 Å². The second-order valence-corrected chi connectivity index (χ2v) is 17.6. The summed E-state index contributed by atoms with van der Waals surface area (Å²) in [7, 11) is 0.